The smallest absolute Gasteiger partial charge is 0.550 e. The molecule has 0 heterocycles. The van der Waals surface area contributed by atoms with E-state index in [1.807, 2.05) is 46.8 Å². The third kappa shape index (κ3) is 15.7. The van der Waals surface area contributed by atoms with Crippen molar-refractivity contribution in [3.63, 3.8) is 0 Å². The maximum absolute atomic E-state index is 11.5. The molecule has 0 bridgehead atoms. The van der Waals surface area contributed by atoms with Gasteiger partial charge in [0.25, 0.3) is 0 Å². The second-order valence-corrected chi connectivity index (χ2v) is 12.3. The largest absolute Gasteiger partial charge is 1.00 e. The molecule has 0 radical (unpaired) electrons. The van der Waals surface area contributed by atoms with Gasteiger partial charge in [0.2, 0.25) is 0 Å². The van der Waals surface area contributed by atoms with Crippen LogP contribution in [-0.4, -0.2) is 74.2 Å². The summed E-state index contributed by atoms with van der Waals surface area (Å²) in [5.74, 6) is -4.75. The van der Waals surface area contributed by atoms with Crippen LogP contribution in [0.2, 0.25) is 0 Å². The number of carbonyl (C=O) groups is 2. The number of hydrogen-bond donors (Lipinski definition) is 6. The Morgan fingerprint density at radius 1 is 0.841 bits per heavy atom. The fourth-order valence-electron chi connectivity index (χ4n) is 5.41. The van der Waals surface area contributed by atoms with E-state index in [4.69, 9.17) is 10.5 Å². The molecular formula is C33H56NNaO9. The quantitative estimate of drug-likeness (QED) is 0.0582. The third-order valence-electron chi connectivity index (χ3n) is 8.38. The molecule has 0 aliphatic carbocycles. The third-order valence-corrected chi connectivity index (χ3v) is 8.38. The van der Waals surface area contributed by atoms with Gasteiger partial charge in [-0.15, -0.1) is 0 Å². The van der Waals surface area contributed by atoms with Crippen LogP contribution in [0.15, 0.2) is 48.6 Å². The fraction of sp³-hybridized carbons (Fsp3) is 0.697. The van der Waals surface area contributed by atoms with Gasteiger partial charge in [-0.25, -0.2) is 4.79 Å². The molecule has 0 spiro atoms. The number of carboxylic acid groups (broad SMARTS) is 1. The summed E-state index contributed by atoms with van der Waals surface area (Å²) in [6.07, 6.45) is 4.07. The minimum atomic E-state index is -1.42. The number of hydrogen-bond acceptors (Lipinski definition) is 9. The molecule has 10 nitrogen and oxygen atoms in total. The van der Waals surface area contributed by atoms with E-state index in [-0.39, 0.29) is 59.6 Å². The molecule has 0 aliphatic heterocycles. The van der Waals surface area contributed by atoms with Gasteiger partial charge >= 0.3 is 35.7 Å². The molecule has 0 rings (SSSR count). The summed E-state index contributed by atoms with van der Waals surface area (Å²) in [6, 6.07) is 0. The summed E-state index contributed by atoms with van der Waals surface area (Å²) >= 11 is 0. The van der Waals surface area contributed by atoms with Gasteiger partial charge in [-0.1, -0.05) is 97.1 Å². The zero-order valence-corrected chi connectivity index (χ0v) is 30.0. The first-order chi connectivity index (χ1) is 19.8. The van der Waals surface area contributed by atoms with Crippen LogP contribution in [0.1, 0.15) is 68.2 Å². The van der Waals surface area contributed by atoms with Gasteiger partial charge in [0.15, 0.2) is 0 Å². The number of allylic oxidation sites excluding steroid dienone is 3. The van der Waals surface area contributed by atoms with Crippen molar-refractivity contribution in [3.8, 4) is 0 Å². The molecule has 1 amide bonds. The van der Waals surface area contributed by atoms with Crippen LogP contribution < -0.4 is 40.4 Å². The summed E-state index contributed by atoms with van der Waals surface area (Å²) in [7, 11) is 0. The Bertz CT molecular complexity index is 956. The van der Waals surface area contributed by atoms with E-state index in [2.05, 4.69) is 6.58 Å². The van der Waals surface area contributed by atoms with Crippen LogP contribution in [0.3, 0.4) is 0 Å². The van der Waals surface area contributed by atoms with Gasteiger partial charge in [0.1, 0.15) is 6.10 Å². The Kier molecular flexibility index (Phi) is 22.4. The van der Waals surface area contributed by atoms with Gasteiger partial charge in [0.05, 0.1) is 30.5 Å². The molecule has 0 saturated carbocycles. The van der Waals surface area contributed by atoms with E-state index in [1.165, 1.54) is 19.9 Å². The Labute approximate surface area is 286 Å². The Hall–Kier alpha value is -1.50. The van der Waals surface area contributed by atoms with E-state index >= 15 is 0 Å². The van der Waals surface area contributed by atoms with Gasteiger partial charge in [0, 0.05) is 47.9 Å². The zero-order valence-electron chi connectivity index (χ0n) is 28.0. The Morgan fingerprint density at radius 3 is 1.91 bits per heavy atom. The Morgan fingerprint density at radius 2 is 1.41 bits per heavy atom. The van der Waals surface area contributed by atoms with Crippen molar-refractivity contribution < 1.29 is 74.5 Å². The van der Waals surface area contributed by atoms with Crippen LogP contribution in [0.4, 0.5) is 4.79 Å². The first kappa shape index (κ1) is 44.6. The standard InChI is InChI=1S/C33H57NO9.Na/c1-10-11-12-20(4)31(43-33(34)42)24(8)29(38)22(6)16-18(2)15-21(5)28(37)19(3)13-14-26(35)17-27(36)23(7)30(39)25(9)32(40)41;/h10-15,19-31,35-39H,1,16-17H2,2-9H3,(H2,34,42)(H,40,41);/q;+1/p-1/b12-11-,14-13-,18-15-;/t19-,20-,21-,22-,23-,24-,25+,26+,27-,28-,29-,30-,31-;/m0./s1. The van der Waals surface area contributed by atoms with Crippen molar-refractivity contribution in [1.29, 1.82) is 0 Å². The number of ether oxygens (including phenoxy) is 1. The summed E-state index contributed by atoms with van der Waals surface area (Å²) in [5.41, 5.74) is 6.25. The molecule has 0 aromatic carbocycles. The normalized spacial score (nSPS) is 21.4. The summed E-state index contributed by atoms with van der Waals surface area (Å²) in [4.78, 5) is 22.5. The van der Waals surface area contributed by atoms with Crippen molar-refractivity contribution in [1.82, 2.24) is 0 Å². The monoisotopic (exact) mass is 633 g/mol. The number of nitrogens with two attached hydrogens (primary N) is 1. The number of amides is 1. The molecule has 7 N–H and O–H groups in total. The molecule has 0 aromatic rings. The molecule has 248 valence electrons. The molecule has 0 aliphatic rings. The summed E-state index contributed by atoms with van der Waals surface area (Å²) < 4.78 is 5.34. The first-order valence-electron chi connectivity index (χ1n) is 15.1. The maximum atomic E-state index is 11.5. The second kappa shape index (κ2) is 22.1. The molecule has 0 unspecified atom stereocenters. The van der Waals surface area contributed by atoms with E-state index < -0.39 is 66.4 Å². The number of aliphatic carboxylic acids is 1. The number of aliphatic hydroxyl groups is 5. The molecule has 13 atom stereocenters. The molecule has 0 saturated heterocycles. The molecule has 11 heteroatoms. The second-order valence-electron chi connectivity index (χ2n) is 12.3. The van der Waals surface area contributed by atoms with Crippen LogP contribution >= 0.6 is 0 Å². The van der Waals surface area contributed by atoms with Gasteiger partial charge in [-0.05, 0) is 19.3 Å². The van der Waals surface area contributed by atoms with E-state index in [0.717, 1.165) is 5.57 Å². The van der Waals surface area contributed by atoms with E-state index in [9.17, 15) is 40.2 Å². The molecule has 44 heavy (non-hydrogen) atoms. The van der Waals surface area contributed by atoms with Crippen molar-refractivity contribution in [2.45, 2.75) is 105 Å². The van der Waals surface area contributed by atoms with Gasteiger partial charge in [-0.2, -0.15) is 0 Å². The fourth-order valence-corrected chi connectivity index (χ4v) is 5.41. The van der Waals surface area contributed by atoms with Crippen LogP contribution in [0.5, 0.6) is 0 Å². The van der Waals surface area contributed by atoms with Crippen molar-refractivity contribution in [2.75, 3.05) is 0 Å². The number of carboxylic acids is 1. The van der Waals surface area contributed by atoms with Gasteiger partial charge < -0.3 is 45.9 Å². The number of rotatable bonds is 20. The van der Waals surface area contributed by atoms with Crippen molar-refractivity contribution >= 4 is 12.1 Å². The predicted molar refractivity (Wildman–Crippen MR) is 165 cm³/mol. The predicted octanol–water partition coefficient (Wildman–Crippen LogP) is -0.514. The topological polar surface area (TPSA) is 194 Å². The van der Waals surface area contributed by atoms with Crippen LogP contribution in [-0.2, 0) is 9.53 Å². The maximum Gasteiger partial charge on any atom is 1.00 e. The summed E-state index contributed by atoms with van der Waals surface area (Å²) in [5, 5.41) is 63.8. The van der Waals surface area contributed by atoms with Gasteiger partial charge in [-0.3, -0.25) is 0 Å². The molecular weight excluding hydrogens is 577 g/mol. The SMILES string of the molecule is C=C/C=C\[C@H](C)[C@H](OC(N)=O)[C@@H](C)[C@@H](O)[C@@H](C)C/C(C)=C\[C@H](C)[C@@H](O)[C@@H](C)/C=C\[C@@H](O)C[C@H](O)[C@H](C)[C@H](O)[C@@H](C)C(=O)[O-].[Na+]. The Balaban J connectivity index is 0. The molecule has 0 fully saturated rings. The zero-order chi connectivity index (χ0) is 33.6. The van der Waals surface area contributed by atoms with Crippen molar-refractivity contribution in [2.24, 2.45) is 47.2 Å². The number of carbonyl (C=O) groups excluding carboxylic acids is 2. The van der Waals surface area contributed by atoms with Crippen LogP contribution in [0.25, 0.3) is 0 Å². The summed E-state index contributed by atoms with van der Waals surface area (Å²) in [6.45, 7) is 17.6. The first-order valence-corrected chi connectivity index (χ1v) is 15.1. The van der Waals surface area contributed by atoms with E-state index in [0.29, 0.717) is 6.42 Å². The minimum Gasteiger partial charge on any atom is -0.550 e. The average Bonchev–Trinajstić information content (AvgIpc) is 2.94. The van der Waals surface area contributed by atoms with Crippen molar-refractivity contribution in [3.05, 3.63) is 48.6 Å². The van der Waals surface area contributed by atoms with E-state index in [1.54, 1.807) is 25.2 Å². The minimum absolute atomic E-state index is 0. The van der Waals surface area contributed by atoms with Crippen LogP contribution in [0, 0.1) is 41.4 Å². The average molecular weight is 634 g/mol. The molecule has 0 aromatic heterocycles. The number of aliphatic hydroxyl groups excluding tert-OH is 5. The number of primary amides is 1.